The molecular weight excluding hydrogens is 364 g/mol. The molecule has 0 saturated heterocycles. The maximum Gasteiger partial charge on any atom is 0.261 e. The van der Waals surface area contributed by atoms with E-state index in [1.165, 1.54) is 4.90 Å². The SMILES string of the molecule is CCc1cccc(C)c1NC(=O)c1ccc2c(c1)C(=O)N(C1CCCCC1)C2=O. The van der Waals surface area contributed by atoms with Gasteiger partial charge in [-0.1, -0.05) is 44.4 Å². The highest BCUT2D eigenvalue weighted by Crippen LogP contribution is 2.32. The molecule has 0 atom stereocenters. The Morgan fingerprint density at radius 2 is 1.76 bits per heavy atom. The highest BCUT2D eigenvalue weighted by Gasteiger charge is 2.40. The van der Waals surface area contributed by atoms with Crippen LogP contribution in [0, 0.1) is 6.92 Å². The molecule has 0 bridgehead atoms. The second kappa shape index (κ2) is 7.82. The van der Waals surface area contributed by atoms with E-state index in [9.17, 15) is 14.4 Å². The number of nitrogens with one attached hydrogen (secondary N) is 1. The van der Waals surface area contributed by atoms with Crippen LogP contribution in [0.3, 0.4) is 0 Å². The lowest BCUT2D eigenvalue weighted by Gasteiger charge is -2.29. The third-order valence-electron chi connectivity index (χ3n) is 6.10. The van der Waals surface area contributed by atoms with E-state index >= 15 is 0 Å². The Morgan fingerprint density at radius 1 is 1.03 bits per heavy atom. The summed E-state index contributed by atoms with van der Waals surface area (Å²) in [5.74, 6) is -0.763. The van der Waals surface area contributed by atoms with E-state index in [1.807, 2.05) is 32.0 Å². The third-order valence-corrected chi connectivity index (χ3v) is 6.10. The number of imide groups is 1. The summed E-state index contributed by atoms with van der Waals surface area (Å²) >= 11 is 0. The molecule has 1 N–H and O–H groups in total. The Hall–Kier alpha value is -2.95. The zero-order valence-corrected chi connectivity index (χ0v) is 17.0. The molecule has 5 heteroatoms. The summed E-state index contributed by atoms with van der Waals surface area (Å²) in [7, 11) is 0. The van der Waals surface area contributed by atoms with E-state index in [0.29, 0.717) is 16.7 Å². The summed E-state index contributed by atoms with van der Waals surface area (Å²) in [6, 6.07) is 10.7. The van der Waals surface area contributed by atoms with Gasteiger partial charge in [0.2, 0.25) is 0 Å². The number of para-hydroxylation sites is 1. The molecule has 2 aromatic rings. The van der Waals surface area contributed by atoms with Crippen LogP contribution in [0.4, 0.5) is 5.69 Å². The van der Waals surface area contributed by atoms with Gasteiger partial charge in [0, 0.05) is 17.3 Å². The zero-order valence-electron chi connectivity index (χ0n) is 17.0. The molecule has 1 aliphatic heterocycles. The normalized spacial score (nSPS) is 16.8. The number of carbonyl (C=O) groups excluding carboxylic acids is 3. The zero-order chi connectivity index (χ0) is 20.5. The van der Waals surface area contributed by atoms with Crippen molar-refractivity contribution in [3.8, 4) is 0 Å². The minimum absolute atomic E-state index is 0.0208. The maximum absolute atomic E-state index is 13.0. The molecule has 4 rings (SSSR count). The topological polar surface area (TPSA) is 66.5 Å². The summed E-state index contributed by atoms with van der Waals surface area (Å²) in [6.45, 7) is 4.01. The van der Waals surface area contributed by atoms with Gasteiger partial charge in [-0.25, -0.2) is 0 Å². The van der Waals surface area contributed by atoms with Crippen molar-refractivity contribution in [1.29, 1.82) is 0 Å². The van der Waals surface area contributed by atoms with Gasteiger partial charge in [-0.15, -0.1) is 0 Å². The fourth-order valence-corrected chi connectivity index (χ4v) is 4.46. The van der Waals surface area contributed by atoms with Crippen LogP contribution in [0.5, 0.6) is 0 Å². The number of hydrogen-bond acceptors (Lipinski definition) is 3. The Morgan fingerprint density at radius 3 is 2.48 bits per heavy atom. The molecule has 5 nitrogen and oxygen atoms in total. The van der Waals surface area contributed by atoms with E-state index < -0.39 is 0 Å². The summed E-state index contributed by atoms with van der Waals surface area (Å²) in [6.07, 6.45) is 5.79. The van der Waals surface area contributed by atoms with Gasteiger partial charge in [0.05, 0.1) is 11.1 Å². The minimum Gasteiger partial charge on any atom is -0.321 e. The van der Waals surface area contributed by atoms with Crippen molar-refractivity contribution in [2.45, 2.75) is 58.4 Å². The molecular formula is C24H26N2O3. The Labute approximate surface area is 171 Å². The first-order valence-corrected chi connectivity index (χ1v) is 10.4. The van der Waals surface area contributed by atoms with Crippen LogP contribution in [0.15, 0.2) is 36.4 Å². The van der Waals surface area contributed by atoms with E-state index in [1.54, 1.807) is 18.2 Å². The van der Waals surface area contributed by atoms with E-state index in [-0.39, 0.29) is 23.8 Å². The van der Waals surface area contributed by atoms with Crippen molar-refractivity contribution in [3.05, 3.63) is 64.2 Å². The van der Waals surface area contributed by atoms with Crippen LogP contribution in [0.25, 0.3) is 0 Å². The fraction of sp³-hybridized carbons (Fsp3) is 0.375. The second-order valence-electron chi connectivity index (χ2n) is 7.95. The molecule has 0 spiro atoms. The second-order valence-corrected chi connectivity index (χ2v) is 7.95. The van der Waals surface area contributed by atoms with Gasteiger partial charge in [-0.2, -0.15) is 0 Å². The average Bonchev–Trinajstić information content (AvgIpc) is 2.99. The summed E-state index contributed by atoms with van der Waals surface area (Å²) in [4.78, 5) is 40.1. The van der Waals surface area contributed by atoms with Gasteiger partial charge >= 0.3 is 0 Å². The molecule has 0 radical (unpaired) electrons. The first-order valence-electron chi connectivity index (χ1n) is 10.4. The number of carbonyl (C=O) groups is 3. The number of rotatable bonds is 4. The molecule has 150 valence electrons. The van der Waals surface area contributed by atoms with Crippen molar-refractivity contribution >= 4 is 23.4 Å². The average molecular weight is 390 g/mol. The van der Waals surface area contributed by atoms with Crippen molar-refractivity contribution in [2.24, 2.45) is 0 Å². The van der Waals surface area contributed by atoms with Crippen molar-refractivity contribution in [2.75, 3.05) is 5.32 Å². The van der Waals surface area contributed by atoms with E-state index in [2.05, 4.69) is 5.32 Å². The van der Waals surface area contributed by atoms with Crippen LogP contribution in [0.2, 0.25) is 0 Å². The number of benzene rings is 2. The molecule has 0 unspecified atom stereocenters. The highest BCUT2D eigenvalue weighted by atomic mass is 16.2. The number of amides is 3. The molecule has 2 aromatic carbocycles. The Bertz CT molecular complexity index is 990. The van der Waals surface area contributed by atoms with Crippen LogP contribution in [0.1, 0.15) is 81.2 Å². The predicted molar refractivity (Wildman–Crippen MR) is 112 cm³/mol. The van der Waals surface area contributed by atoms with Crippen LogP contribution >= 0.6 is 0 Å². The van der Waals surface area contributed by atoms with E-state index in [4.69, 9.17) is 0 Å². The minimum atomic E-state index is -0.270. The molecule has 0 aromatic heterocycles. The summed E-state index contributed by atoms with van der Waals surface area (Å²) in [5.41, 5.74) is 4.01. The highest BCUT2D eigenvalue weighted by molar-refractivity contribution is 6.22. The van der Waals surface area contributed by atoms with Gasteiger partial charge in [0.15, 0.2) is 0 Å². The molecule has 1 heterocycles. The van der Waals surface area contributed by atoms with E-state index in [0.717, 1.165) is 55.3 Å². The number of hydrogen-bond donors (Lipinski definition) is 1. The van der Waals surface area contributed by atoms with Gasteiger partial charge in [0.25, 0.3) is 17.7 Å². The van der Waals surface area contributed by atoms with Crippen molar-refractivity contribution in [3.63, 3.8) is 0 Å². The molecule has 1 saturated carbocycles. The first kappa shape index (κ1) is 19.4. The fourth-order valence-electron chi connectivity index (χ4n) is 4.46. The molecule has 3 amide bonds. The Kier molecular flexibility index (Phi) is 5.22. The van der Waals surface area contributed by atoms with Crippen LogP contribution in [-0.4, -0.2) is 28.7 Å². The monoisotopic (exact) mass is 390 g/mol. The van der Waals surface area contributed by atoms with Crippen LogP contribution in [-0.2, 0) is 6.42 Å². The molecule has 2 aliphatic rings. The van der Waals surface area contributed by atoms with Gasteiger partial charge < -0.3 is 5.32 Å². The standard InChI is InChI=1S/C24H26N2O3/c1-3-16-9-7-8-15(2)21(16)25-22(27)17-12-13-19-20(14-17)24(29)26(23(19)28)18-10-5-4-6-11-18/h7-9,12-14,18H,3-6,10-11H2,1-2H3,(H,25,27). The smallest absolute Gasteiger partial charge is 0.261 e. The largest absolute Gasteiger partial charge is 0.321 e. The maximum atomic E-state index is 13.0. The Balaban J connectivity index is 1.60. The quantitative estimate of drug-likeness (QED) is 0.767. The molecule has 1 aliphatic carbocycles. The first-order chi connectivity index (χ1) is 14.0. The van der Waals surface area contributed by atoms with Gasteiger partial charge in [0.1, 0.15) is 0 Å². The number of aryl methyl sites for hydroxylation is 2. The summed E-state index contributed by atoms with van der Waals surface area (Å²) < 4.78 is 0. The lowest BCUT2D eigenvalue weighted by molar-refractivity contribution is 0.0549. The molecule has 1 fully saturated rings. The summed E-state index contributed by atoms with van der Waals surface area (Å²) in [5, 5.41) is 2.99. The van der Waals surface area contributed by atoms with Crippen molar-refractivity contribution in [1.82, 2.24) is 4.90 Å². The van der Waals surface area contributed by atoms with Gasteiger partial charge in [-0.3, -0.25) is 19.3 Å². The van der Waals surface area contributed by atoms with Crippen LogP contribution < -0.4 is 5.32 Å². The lowest BCUT2D eigenvalue weighted by Crippen LogP contribution is -2.40. The lowest BCUT2D eigenvalue weighted by atomic mass is 9.94. The number of fused-ring (bicyclic) bond motifs is 1. The van der Waals surface area contributed by atoms with Gasteiger partial charge in [-0.05, 0) is 55.5 Å². The number of anilines is 1. The molecule has 29 heavy (non-hydrogen) atoms. The van der Waals surface area contributed by atoms with Crippen molar-refractivity contribution < 1.29 is 14.4 Å². The predicted octanol–water partition coefficient (Wildman–Crippen LogP) is 4.74. The number of nitrogens with zero attached hydrogens (tertiary/aromatic N) is 1. The third kappa shape index (κ3) is 3.46.